The lowest BCUT2D eigenvalue weighted by molar-refractivity contribution is 0.108. The number of hydrogen-bond acceptors (Lipinski definition) is 7. The van der Waals surface area contributed by atoms with Crippen molar-refractivity contribution in [3.63, 3.8) is 0 Å². The largest absolute Gasteiger partial charge is 0.461 e. The van der Waals surface area contributed by atoms with E-state index in [-0.39, 0.29) is 40.3 Å². The predicted octanol–water partition coefficient (Wildman–Crippen LogP) is 6.48. The molecule has 5 fully saturated rings. The van der Waals surface area contributed by atoms with E-state index in [0.29, 0.717) is 64.5 Å². The summed E-state index contributed by atoms with van der Waals surface area (Å²) in [6.45, 7) is 3.26. The summed E-state index contributed by atoms with van der Waals surface area (Å²) in [6, 6.07) is 10.2. The van der Waals surface area contributed by atoms with Gasteiger partial charge in [-0.2, -0.15) is 9.97 Å². The van der Waals surface area contributed by atoms with Gasteiger partial charge in [-0.25, -0.2) is 13.2 Å². The summed E-state index contributed by atoms with van der Waals surface area (Å²) in [5.74, 6) is 2.59. The summed E-state index contributed by atoms with van der Waals surface area (Å²) < 4.78 is 52.0. The molecule has 5 aliphatic rings. The summed E-state index contributed by atoms with van der Waals surface area (Å²) in [6.07, 6.45) is 13.6. The molecule has 4 aromatic rings. The topological polar surface area (TPSA) is 79.5 Å². The van der Waals surface area contributed by atoms with Crippen LogP contribution in [0.5, 0.6) is 6.01 Å². The maximum absolute atomic E-state index is 17.1. The van der Waals surface area contributed by atoms with Crippen LogP contribution >= 0.6 is 0 Å². The van der Waals surface area contributed by atoms with E-state index in [1.54, 1.807) is 24.3 Å². The Morgan fingerprint density at radius 2 is 1.98 bits per heavy atom. The lowest BCUT2D eigenvalue weighted by Gasteiger charge is -2.42. The first-order valence-corrected chi connectivity index (χ1v) is 17.0. The van der Waals surface area contributed by atoms with Gasteiger partial charge in [0.25, 0.3) is 0 Å². The number of anilines is 2. The Labute approximate surface area is 277 Å². The molecular formula is C38H37F3N6O. The number of rotatable bonds is 6. The van der Waals surface area contributed by atoms with E-state index >= 15 is 4.39 Å². The molecule has 7 nitrogen and oxygen atoms in total. The van der Waals surface area contributed by atoms with Crippen molar-refractivity contribution in [1.29, 1.82) is 0 Å². The molecule has 10 heteroatoms. The third-order valence-electron chi connectivity index (χ3n) is 11.6. The molecule has 4 saturated heterocycles. The third-order valence-corrected chi connectivity index (χ3v) is 11.6. The van der Waals surface area contributed by atoms with Gasteiger partial charge in [0, 0.05) is 53.2 Å². The van der Waals surface area contributed by atoms with Gasteiger partial charge >= 0.3 is 6.01 Å². The zero-order valence-corrected chi connectivity index (χ0v) is 26.7. The van der Waals surface area contributed by atoms with Crippen molar-refractivity contribution in [3.8, 4) is 29.5 Å². The number of benzene rings is 3. The van der Waals surface area contributed by atoms with Gasteiger partial charge in [0.2, 0.25) is 0 Å². The van der Waals surface area contributed by atoms with Gasteiger partial charge in [0.15, 0.2) is 5.82 Å². The second kappa shape index (κ2) is 10.8. The summed E-state index contributed by atoms with van der Waals surface area (Å²) in [7, 11) is 0. The van der Waals surface area contributed by atoms with Crippen molar-refractivity contribution in [2.24, 2.45) is 5.92 Å². The highest BCUT2D eigenvalue weighted by Crippen LogP contribution is 2.49. The Balaban J connectivity index is 1.19. The van der Waals surface area contributed by atoms with Gasteiger partial charge in [-0.15, -0.1) is 6.42 Å². The van der Waals surface area contributed by atoms with Crippen LogP contribution in [0.15, 0.2) is 48.3 Å². The van der Waals surface area contributed by atoms with Gasteiger partial charge in [0.1, 0.15) is 23.8 Å². The molecule has 1 aromatic heterocycles. The quantitative estimate of drug-likeness (QED) is 0.183. The smallest absolute Gasteiger partial charge is 0.319 e. The van der Waals surface area contributed by atoms with Gasteiger partial charge in [0.05, 0.1) is 17.4 Å². The average Bonchev–Trinajstić information content (AvgIpc) is 3.70. The van der Waals surface area contributed by atoms with Crippen molar-refractivity contribution in [2.45, 2.75) is 62.1 Å². The van der Waals surface area contributed by atoms with Crippen LogP contribution in [0.1, 0.15) is 50.5 Å². The summed E-state index contributed by atoms with van der Waals surface area (Å²) in [5.41, 5.74) is 7.90. The molecule has 0 amide bonds. The maximum atomic E-state index is 17.1. The molecule has 3 N–H and O–H groups in total. The Morgan fingerprint density at radius 1 is 1.10 bits per heavy atom. The fourth-order valence-corrected chi connectivity index (χ4v) is 9.27. The first kappa shape index (κ1) is 29.8. The van der Waals surface area contributed by atoms with Crippen molar-refractivity contribution < 1.29 is 17.9 Å². The number of terminal acetylenes is 1. The van der Waals surface area contributed by atoms with Crippen LogP contribution in [-0.4, -0.2) is 64.8 Å². The predicted molar refractivity (Wildman–Crippen MR) is 181 cm³/mol. The molecule has 0 unspecified atom stereocenters. The number of halogens is 3. The molecule has 0 spiro atoms. The van der Waals surface area contributed by atoms with E-state index in [1.165, 1.54) is 18.9 Å². The van der Waals surface area contributed by atoms with Crippen LogP contribution in [0.2, 0.25) is 0 Å². The highest BCUT2D eigenvalue weighted by atomic mass is 19.1. The molecular weight excluding hydrogens is 613 g/mol. The first-order valence-electron chi connectivity index (χ1n) is 17.0. The molecule has 48 heavy (non-hydrogen) atoms. The average molecular weight is 651 g/mol. The third kappa shape index (κ3) is 4.58. The molecule has 246 valence electrons. The molecule has 1 aliphatic carbocycles. The van der Waals surface area contributed by atoms with Crippen molar-refractivity contribution in [1.82, 2.24) is 20.2 Å². The van der Waals surface area contributed by atoms with Crippen LogP contribution in [0.4, 0.5) is 24.7 Å². The zero-order valence-electron chi connectivity index (χ0n) is 26.7. The SMILES string of the molecule is C#Cc1c(F)ccc2cc(N)cc(-c3ccc4c(N5C[C@@H]6CC[C@](C7CC7)(C5)N6)nc(OC[C@@]56CCCN5C/C(=C/F)C6)nc4c3F)c12. The molecule has 3 aromatic carbocycles. The van der Waals surface area contributed by atoms with Gasteiger partial charge in [-0.05, 0) is 98.2 Å². The molecule has 2 bridgehead atoms. The van der Waals surface area contributed by atoms with Crippen LogP contribution in [0, 0.1) is 29.9 Å². The van der Waals surface area contributed by atoms with Gasteiger partial charge < -0.3 is 20.7 Å². The van der Waals surface area contributed by atoms with Gasteiger partial charge in [-0.3, -0.25) is 4.90 Å². The van der Waals surface area contributed by atoms with Crippen LogP contribution in [-0.2, 0) is 0 Å². The van der Waals surface area contributed by atoms with Crippen LogP contribution in [0.3, 0.4) is 0 Å². The Kier molecular flexibility index (Phi) is 6.73. The number of nitrogens with two attached hydrogens (primary N) is 1. The molecule has 4 aliphatic heterocycles. The van der Waals surface area contributed by atoms with E-state index in [2.05, 4.69) is 21.0 Å². The number of ether oxygens (including phenoxy) is 1. The van der Waals surface area contributed by atoms with Crippen LogP contribution < -0.4 is 20.7 Å². The van der Waals surface area contributed by atoms with E-state index in [9.17, 15) is 8.78 Å². The fraction of sp³-hybridized carbons (Fsp3) is 0.421. The lowest BCUT2D eigenvalue weighted by Crippen LogP contribution is -2.61. The number of nitrogen functional groups attached to an aromatic ring is 1. The van der Waals surface area contributed by atoms with Crippen molar-refractivity contribution in [2.75, 3.05) is 43.4 Å². The summed E-state index contributed by atoms with van der Waals surface area (Å²) in [5, 5.41) is 5.53. The first-order chi connectivity index (χ1) is 23.3. The summed E-state index contributed by atoms with van der Waals surface area (Å²) in [4.78, 5) is 14.2. The number of aromatic nitrogens is 2. The summed E-state index contributed by atoms with van der Waals surface area (Å²) >= 11 is 0. The minimum atomic E-state index is -0.584. The normalized spacial score (nSPS) is 27.7. The second-order valence-electron chi connectivity index (χ2n) is 14.6. The molecule has 3 atom stereocenters. The lowest BCUT2D eigenvalue weighted by atomic mass is 9.90. The fourth-order valence-electron chi connectivity index (χ4n) is 9.27. The number of nitrogens with zero attached hydrogens (tertiary/aromatic N) is 4. The zero-order chi connectivity index (χ0) is 32.8. The number of hydrogen-bond donors (Lipinski definition) is 2. The minimum Gasteiger partial charge on any atom is -0.461 e. The second-order valence-corrected chi connectivity index (χ2v) is 14.6. The molecule has 5 heterocycles. The highest BCUT2D eigenvalue weighted by molar-refractivity contribution is 6.04. The van der Waals surface area contributed by atoms with E-state index in [0.717, 1.165) is 50.9 Å². The van der Waals surface area contributed by atoms with Crippen molar-refractivity contribution >= 4 is 33.2 Å². The Bertz CT molecular complexity index is 2070. The van der Waals surface area contributed by atoms with E-state index < -0.39 is 11.6 Å². The standard InChI is InChI=1S/C38H37F3N6O/c1-2-27-31(40)9-4-23-14-25(42)15-30(32(23)27)28-7-8-29-34(33(28)41)43-36(48-21-37-11-3-13-47(37)18-22(16-37)17-39)44-35(29)46-19-26-10-12-38(20-46,45-26)24-5-6-24/h1,4,7-9,14-15,17,24,26,45H,3,5-6,10-13,16,18-21,42H2/b22-17+/t26-,37-,38+/m0/s1. The van der Waals surface area contributed by atoms with Gasteiger partial charge in [-0.1, -0.05) is 18.1 Å². The highest BCUT2D eigenvalue weighted by Gasteiger charge is 2.53. The molecule has 9 rings (SSSR count). The Morgan fingerprint density at radius 3 is 2.79 bits per heavy atom. The number of nitrogens with one attached hydrogen (secondary N) is 1. The monoisotopic (exact) mass is 650 g/mol. The van der Waals surface area contributed by atoms with E-state index in [4.69, 9.17) is 26.9 Å². The minimum absolute atomic E-state index is 0.0259. The number of piperazine rings is 1. The van der Waals surface area contributed by atoms with Crippen molar-refractivity contribution in [3.05, 3.63) is 65.5 Å². The number of fused-ring (bicyclic) bond motifs is 5. The molecule has 0 radical (unpaired) electrons. The van der Waals surface area contributed by atoms with Crippen LogP contribution in [0.25, 0.3) is 32.8 Å². The van der Waals surface area contributed by atoms with E-state index in [1.807, 2.05) is 6.07 Å². The molecule has 1 saturated carbocycles. The maximum Gasteiger partial charge on any atom is 0.319 e. The Hall–Kier alpha value is -4.33.